The van der Waals surface area contributed by atoms with Crippen molar-refractivity contribution in [2.45, 2.75) is 13.0 Å². The minimum atomic E-state index is -0.271. The van der Waals surface area contributed by atoms with Crippen LogP contribution in [0.3, 0.4) is 0 Å². The van der Waals surface area contributed by atoms with Crippen molar-refractivity contribution in [1.82, 2.24) is 4.57 Å². The molecule has 4 rings (SSSR count). The molecule has 0 unspecified atom stereocenters. The summed E-state index contributed by atoms with van der Waals surface area (Å²) in [6.45, 7) is 0.727. The lowest BCUT2D eigenvalue weighted by molar-refractivity contribution is 0.354. The van der Waals surface area contributed by atoms with Crippen LogP contribution < -0.4 is 14.3 Å². The molecule has 1 aromatic heterocycles. The molecule has 0 aliphatic rings. The number of thiazole rings is 1. The molecule has 0 atom stereocenters. The van der Waals surface area contributed by atoms with Crippen LogP contribution in [0.25, 0.3) is 11.3 Å². The predicted molar refractivity (Wildman–Crippen MR) is 141 cm³/mol. The average molecular weight is 594 g/mol. The van der Waals surface area contributed by atoms with Crippen LogP contribution in [0, 0.1) is 5.82 Å². The number of nitrogens with zero attached hydrogens (tertiary/aromatic N) is 2. The summed E-state index contributed by atoms with van der Waals surface area (Å²) in [6.07, 6.45) is 0.789. The first-order valence-electron chi connectivity index (χ1n) is 10.0. The first-order valence-corrected chi connectivity index (χ1v) is 11.7. The summed E-state index contributed by atoms with van der Waals surface area (Å²) in [5.41, 5.74) is 4.05. The summed E-state index contributed by atoms with van der Waals surface area (Å²) < 4.78 is 27.3. The molecule has 0 radical (unpaired) electrons. The van der Waals surface area contributed by atoms with Gasteiger partial charge in [-0.15, -0.1) is 28.3 Å². The molecular formula is C25H23Br2FN2O2S. The Kier molecular flexibility index (Phi) is 8.88. The van der Waals surface area contributed by atoms with Crippen LogP contribution in [-0.4, -0.2) is 18.8 Å². The van der Waals surface area contributed by atoms with Gasteiger partial charge in [0.25, 0.3) is 0 Å². The Morgan fingerprint density at radius 2 is 1.64 bits per heavy atom. The zero-order chi connectivity index (χ0) is 22.5. The molecular weight excluding hydrogens is 571 g/mol. The van der Waals surface area contributed by atoms with Crippen LogP contribution in [0.5, 0.6) is 11.5 Å². The maximum Gasteiger partial charge on any atom is 0.190 e. The summed E-state index contributed by atoms with van der Waals surface area (Å²) in [4.78, 5) is 5.64. The second kappa shape index (κ2) is 11.6. The SMILES string of the molecule is Br.COc1ccc(CCn2c(-c3ccc(Br)cc3)csc2=Nc2ccc(F)cc2)cc1OC. The quantitative estimate of drug-likeness (QED) is 0.227. The summed E-state index contributed by atoms with van der Waals surface area (Å²) in [7, 11) is 3.27. The number of methoxy groups -OCH3 is 2. The van der Waals surface area contributed by atoms with Crippen molar-refractivity contribution in [2.75, 3.05) is 14.2 Å². The maximum absolute atomic E-state index is 13.3. The standard InChI is InChI=1S/C25H22BrFN2O2S.BrH/c1-30-23-12-3-17(15-24(23)31-2)13-14-29-22(18-4-6-19(26)7-5-18)16-32-25(29)28-21-10-8-20(27)9-11-21;/h3-12,15-16H,13-14H2,1-2H3;1H. The highest BCUT2D eigenvalue weighted by Gasteiger charge is 2.10. The first kappa shape index (κ1) is 25.2. The molecule has 8 heteroatoms. The van der Waals surface area contributed by atoms with Gasteiger partial charge in [-0.3, -0.25) is 0 Å². The summed E-state index contributed by atoms with van der Waals surface area (Å²) in [6, 6.07) is 20.4. The molecule has 0 bridgehead atoms. The number of hydrogen-bond donors (Lipinski definition) is 0. The fraction of sp³-hybridized carbons (Fsp3) is 0.160. The van der Waals surface area contributed by atoms with Gasteiger partial charge in [-0.05, 0) is 66.1 Å². The van der Waals surface area contributed by atoms with E-state index in [1.165, 1.54) is 12.1 Å². The monoisotopic (exact) mass is 592 g/mol. The first-order chi connectivity index (χ1) is 15.6. The number of ether oxygens (including phenoxy) is 2. The molecule has 0 amide bonds. The van der Waals surface area contributed by atoms with Crippen molar-refractivity contribution < 1.29 is 13.9 Å². The minimum Gasteiger partial charge on any atom is -0.493 e. The molecule has 3 aromatic carbocycles. The Balaban J connectivity index is 0.00000306. The molecule has 0 fully saturated rings. The van der Waals surface area contributed by atoms with E-state index in [1.807, 2.05) is 30.3 Å². The summed E-state index contributed by atoms with van der Waals surface area (Å²) in [5.74, 6) is 1.15. The van der Waals surface area contributed by atoms with Gasteiger partial charge in [0.1, 0.15) is 5.82 Å². The van der Waals surface area contributed by atoms with Crippen LogP contribution in [0.1, 0.15) is 5.56 Å². The lowest BCUT2D eigenvalue weighted by atomic mass is 10.1. The van der Waals surface area contributed by atoms with Crippen LogP contribution >= 0.6 is 44.2 Å². The number of rotatable bonds is 7. The Labute approximate surface area is 215 Å². The Morgan fingerprint density at radius 1 is 0.939 bits per heavy atom. The summed E-state index contributed by atoms with van der Waals surface area (Å²) in [5, 5.41) is 2.11. The minimum absolute atomic E-state index is 0. The molecule has 172 valence electrons. The van der Waals surface area contributed by atoms with Crippen molar-refractivity contribution in [2.24, 2.45) is 4.99 Å². The van der Waals surface area contributed by atoms with E-state index in [4.69, 9.17) is 14.5 Å². The molecule has 0 N–H and O–H groups in total. The van der Waals surface area contributed by atoms with Gasteiger partial charge >= 0.3 is 0 Å². The van der Waals surface area contributed by atoms with Gasteiger partial charge in [0, 0.05) is 16.4 Å². The second-order valence-corrected chi connectivity index (χ2v) is 8.84. The van der Waals surface area contributed by atoms with Crippen LogP contribution in [-0.2, 0) is 13.0 Å². The second-order valence-electron chi connectivity index (χ2n) is 7.09. The fourth-order valence-electron chi connectivity index (χ4n) is 3.39. The van der Waals surface area contributed by atoms with E-state index in [0.717, 1.165) is 44.7 Å². The Hall–Kier alpha value is -2.42. The Morgan fingerprint density at radius 3 is 2.30 bits per heavy atom. The molecule has 0 saturated carbocycles. The molecule has 4 nitrogen and oxygen atoms in total. The van der Waals surface area contributed by atoms with E-state index >= 15 is 0 Å². The molecule has 0 spiro atoms. The van der Waals surface area contributed by atoms with E-state index in [0.29, 0.717) is 11.5 Å². The zero-order valence-corrected chi connectivity index (χ0v) is 22.2. The van der Waals surface area contributed by atoms with Crippen molar-refractivity contribution in [3.8, 4) is 22.8 Å². The fourth-order valence-corrected chi connectivity index (χ4v) is 4.61. The summed E-state index contributed by atoms with van der Waals surface area (Å²) >= 11 is 5.07. The van der Waals surface area contributed by atoms with Gasteiger partial charge in [0.2, 0.25) is 0 Å². The lowest BCUT2D eigenvalue weighted by Crippen LogP contribution is -2.17. The highest BCUT2D eigenvalue weighted by atomic mass is 79.9. The van der Waals surface area contributed by atoms with Gasteiger partial charge in [0.15, 0.2) is 16.3 Å². The third-order valence-electron chi connectivity index (χ3n) is 5.06. The highest BCUT2D eigenvalue weighted by Crippen LogP contribution is 2.28. The maximum atomic E-state index is 13.3. The van der Waals surface area contributed by atoms with Gasteiger partial charge in [0.05, 0.1) is 25.6 Å². The van der Waals surface area contributed by atoms with E-state index in [1.54, 1.807) is 37.7 Å². The highest BCUT2D eigenvalue weighted by molar-refractivity contribution is 9.10. The van der Waals surface area contributed by atoms with E-state index < -0.39 is 0 Å². The van der Waals surface area contributed by atoms with Gasteiger partial charge in [-0.25, -0.2) is 9.38 Å². The van der Waals surface area contributed by atoms with Crippen LogP contribution in [0.4, 0.5) is 10.1 Å². The molecule has 33 heavy (non-hydrogen) atoms. The predicted octanol–water partition coefficient (Wildman–Crippen LogP) is 7.19. The topological polar surface area (TPSA) is 35.8 Å². The Bertz CT molecular complexity index is 1270. The van der Waals surface area contributed by atoms with Crippen molar-refractivity contribution >= 4 is 49.9 Å². The normalized spacial score (nSPS) is 11.2. The average Bonchev–Trinajstić information content (AvgIpc) is 3.21. The van der Waals surface area contributed by atoms with Gasteiger partial charge in [-0.2, -0.15) is 0 Å². The van der Waals surface area contributed by atoms with Crippen molar-refractivity contribution in [1.29, 1.82) is 0 Å². The van der Waals surface area contributed by atoms with Crippen molar-refractivity contribution in [3.05, 3.63) is 92.8 Å². The van der Waals surface area contributed by atoms with Crippen molar-refractivity contribution in [3.63, 3.8) is 0 Å². The van der Waals surface area contributed by atoms with E-state index in [9.17, 15) is 4.39 Å². The van der Waals surface area contributed by atoms with E-state index in [-0.39, 0.29) is 22.8 Å². The van der Waals surface area contributed by atoms with Gasteiger partial charge in [-0.1, -0.05) is 34.1 Å². The zero-order valence-electron chi connectivity index (χ0n) is 18.1. The number of hydrogen-bond acceptors (Lipinski definition) is 4. The third-order valence-corrected chi connectivity index (χ3v) is 6.45. The van der Waals surface area contributed by atoms with Crippen LogP contribution in [0.2, 0.25) is 0 Å². The largest absolute Gasteiger partial charge is 0.493 e. The molecule has 0 saturated heterocycles. The molecule has 0 aliphatic heterocycles. The number of benzene rings is 3. The molecule has 0 aliphatic carbocycles. The van der Waals surface area contributed by atoms with Gasteiger partial charge < -0.3 is 14.0 Å². The smallest absolute Gasteiger partial charge is 0.190 e. The third kappa shape index (κ3) is 6.13. The van der Waals surface area contributed by atoms with Crippen LogP contribution in [0.15, 0.2) is 81.6 Å². The molecule has 4 aromatic rings. The number of aromatic nitrogens is 1. The number of aryl methyl sites for hydroxylation is 1. The lowest BCUT2D eigenvalue weighted by Gasteiger charge is -2.12. The number of halogens is 3. The van der Waals surface area contributed by atoms with E-state index in [2.05, 4.69) is 38.0 Å². The molecule has 1 heterocycles.